The molecule has 0 saturated carbocycles. The van der Waals surface area contributed by atoms with Crippen molar-refractivity contribution in [1.29, 1.82) is 0 Å². The third kappa shape index (κ3) is 1.20. The number of likely N-dealkylation sites (N-methyl/N-ethyl adjacent to an activating group) is 1. The summed E-state index contributed by atoms with van der Waals surface area (Å²) in [6, 6.07) is 0. The van der Waals surface area contributed by atoms with Crippen LogP contribution in [0.1, 0.15) is 20.8 Å². The van der Waals surface area contributed by atoms with Crippen molar-refractivity contribution in [2.24, 2.45) is 4.99 Å². The highest BCUT2D eigenvalue weighted by atomic mass is 15.2. The van der Waals surface area contributed by atoms with Crippen molar-refractivity contribution < 1.29 is 0 Å². The van der Waals surface area contributed by atoms with Gasteiger partial charge in [-0.2, -0.15) is 0 Å². The van der Waals surface area contributed by atoms with Crippen LogP contribution in [-0.2, 0) is 0 Å². The zero-order chi connectivity index (χ0) is 8.59. The summed E-state index contributed by atoms with van der Waals surface area (Å²) in [4.78, 5) is 6.36. The zero-order valence-corrected chi connectivity index (χ0v) is 7.60. The highest BCUT2D eigenvalue weighted by Crippen LogP contribution is 2.21. The van der Waals surface area contributed by atoms with Crippen LogP contribution < -0.4 is 0 Å². The molecule has 0 radical (unpaired) electrons. The number of rotatable bonds is 0. The van der Waals surface area contributed by atoms with Gasteiger partial charge in [0.2, 0.25) is 0 Å². The Bertz CT molecular complexity index is 257. The highest BCUT2D eigenvalue weighted by molar-refractivity contribution is 5.84. The van der Waals surface area contributed by atoms with Crippen LogP contribution in [0.15, 0.2) is 28.5 Å². The van der Waals surface area contributed by atoms with Gasteiger partial charge in [0.15, 0.2) is 0 Å². The Kier molecular flexibility index (Phi) is 1.85. The lowest BCUT2D eigenvalue weighted by atomic mass is 10.1. The average Bonchev–Trinajstić information content (AvgIpc) is 1.97. The van der Waals surface area contributed by atoms with Crippen LogP contribution in [0.4, 0.5) is 0 Å². The van der Waals surface area contributed by atoms with Crippen LogP contribution in [0.25, 0.3) is 0 Å². The molecule has 0 spiro atoms. The minimum absolute atomic E-state index is 1.01. The van der Waals surface area contributed by atoms with Crippen molar-refractivity contribution in [2.75, 3.05) is 7.05 Å². The van der Waals surface area contributed by atoms with Crippen molar-refractivity contribution in [3.05, 3.63) is 23.5 Å². The molecular formula is C9H14N2. The third-order valence-corrected chi connectivity index (χ3v) is 2.20. The summed E-state index contributed by atoms with van der Waals surface area (Å²) in [5.74, 6) is 1.01. The summed E-state index contributed by atoms with van der Waals surface area (Å²) in [5.41, 5.74) is 3.30. The molecule has 11 heavy (non-hydrogen) atoms. The minimum atomic E-state index is 1.01. The summed E-state index contributed by atoms with van der Waals surface area (Å²) in [6.45, 7) is 10.0. The first-order valence-corrected chi connectivity index (χ1v) is 3.70. The zero-order valence-electron chi connectivity index (χ0n) is 7.60. The number of nitrogens with zero attached hydrogens (tertiary/aromatic N) is 2. The minimum Gasteiger partial charge on any atom is -0.333 e. The van der Waals surface area contributed by atoms with Crippen LogP contribution in [0, 0.1) is 0 Å². The van der Waals surface area contributed by atoms with E-state index >= 15 is 0 Å². The fraction of sp³-hybridized carbons (Fsp3) is 0.444. The second-order valence-corrected chi connectivity index (χ2v) is 2.88. The van der Waals surface area contributed by atoms with Crippen LogP contribution >= 0.6 is 0 Å². The molecule has 0 aromatic rings. The molecule has 60 valence electrons. The maximum Gasteiger partial charge on any atom is 0.105 e. The molecule has 0 unspecified atom stereocenters. The van der Waals surface area contributed by atoms with E-state index in [9.17, 15) is 0 Å². The van der Waals surface area contributed by atoms with Gasteiger partial charge in [0.25, 0.3) is 0 Å². The summed E-state index contributed by atoms with van der Waals surface area (Å²) in [5, 5.41) is 0. The molecule has 0 bridgehead atoms. The highest BCUT2D eigenvalue weighted by Gasteiger charge is 2.13. The van der Waals surface area contributed by atoms with Crippen LogP contribution in [0.3, 0.4) is 0 Å². The Hall–Kier alpha value is -1.05. The van der Waals surface area contributed by atoms with E-state index in [1.807, 2.05) is 32.7 Å². The van der Waals surface area contributed by atoms with Gasteiger partial charge < -0.3 is 4.90 Å². The number of allylic oxidation sites excluding steroid dienone is 2. The standard InChI is InChI=1S/C9H14N2/c1-6-7(2)10-9(4)11(5)8(6)3/h3H2,1-2,4-5H3. The van der Waals surface area contributed by atoms with Crippen molar-refractivity contribution in [2.45, 2.75) is 20.8 Å². The largest absolute Gasteiger partial charge is 0.333 e. The quantitative estimate of drug-likeness (QED) is 0.516. The Morgan fingerprint density at radius 3 is 2.36 bits per heavy atom. The molecule has 0 aliphatic carbocycles. The first kappa shape index (κ1) is 8.05. The van der Waals surface area contributed by atoms with Crippen molar-refractivity contribution in [1.82, 2.24) is 4.90 Å². The van der Waals surface area contributed by atoms with E-state index in [2.05, 4.69) is 11.6 Å². The van der Waals surface area contributed by atoms with E-state index in [0.717, 1.165) is 17.2 Å². The van der Waals surface area contributed by atoms with Gasteiger partial charge in [0.1, 0.15) is 5.84 Å². The molecule has 1 aliphatic heterocycles. The summed E-state index contributed by atoms with van der Waals surface area (Å²) >= 11 is 0. The van der Waals surface area contributed by atoms with Crippen molar-refractivity contribution >= 4 is 5.84 Å². The van der Waals surface area contributed by atoms with Gasteiger partial charge in [-0.15, -0.1) is 0 Å². The van der Waals surface area contributed by atoms with E-state index in [4.69, 9.17) is 0 Å². The molecule has 1 rings (SSSR count). The normalized spacial score (nSPS) is 19.1. The molecule has 2 nitrogen and oxygen atoms in total. The lowest BCUT2D eigenvalue weighted by Gasteiger charge is -2.26. The second kappa shape index (κ2) is 2.53. The SMILES string of the molecule is C=C1C(C)=C(C)N=C(C)N1C. The van der Waals surface area contributed by atoms with E-state index in [0.29, 0.717) is 0 Å². The van der Waals surface area contributed by atoms with Crippen molar-refractivity contribution in [3.8, 4) is 0 Å². The lowest BCUT2D eigenvalue weighted by molar-refractivity contribution is 0.619. The van der Waals surface area contributed by atoms with Gasteiger partial charge in [-0.3, -0.25) is 0 Å². The van der Waals surface area contributed by atoms with Gasteiger partial charge >= 0.3 is 0 Å². The van der Waals surface area contributed by atoms with E-state index < -0.39 is 0 Å². The van der Waals surface area contributed by atoms with Crippen LogP contribution in [-0.4, -0.2) is 17.8 Å². The maximum absolute atomic E-state index is 4.36. The van der Waals surface area contributed by atoms with E-state index in [1.54, 1.807) is 0 Å². The van der Waals surface area contributed by atoms with Gasteiger partial charge in [-0.05, 0) is 26.3 Å². The molecule has 0 fully saturated rings. The molecule has 1 aliphatic rings. The molecule has 0 N–H and O–H groups in total. The molecule has 0 amide bonds. The van der Waals surface area contributed by atoms with Gasteiger partial charge in [-0.1, -0.05) is 6.58 Å². The van der Waals surface area contributed by atoms with Gasteiger partial charge in [0, 0.05) is 18.4 Å². The summed E-state index contributed by atoms with van der Waals surface area (Å²) in [6.07, 6.45) is 0. The Balaban J connectivity index is 3.11. The smallest absolute Gasteiger partial charge is 0.105 e. The average molecular weight is 150 g/mol. The Morgan fingerprint density at radius 1 is 1.27 bits per heavy atom. The molecule has 0 saturated heterocycles. The molecular weight excluding hydrogens is 136 g/mol. The first-order chi connectivity index (χ1) is 5.04. The van der Waals surface area contributed by atoms with Gasteiger partial charge in [-0.25, -0.2) is 4.99 Å². The number of hydrogen-bond donors (Lipinski definition) is 0. The number of hydrogen-bond acceptors (Lipinski definition) is 2. The first-order valence-electron chi connectivity index (χ1n) is 3.70. The number of aliphatic imine (C=N–C) groups is 1. The fourth-order valence-electron chi connectivity index (χ4n) is 1.06. The maximum atomic E-state index is 4.36. The Labute approximate surface area is 67.9 Å². The topological polar surface area (TPSA) is 15.6 Å². The molecule has 0 aromatic heterocycles. The summed E-state index contributed by atoms with van der Waals surface area (Å²) < 4.78 is 0. The van der Waals surface area contributed by atoms with E-state index in [-0.39, 0.29) is 0 Å². The van der Waals surface area contributed by atoms with Gasteiger partial charge in [0.05, 0.1) is 0 Å². The number of amidine groups is 1. The third-order valence-electron chi connectivity index (χ3n) is 2.20. The van der Waals surface area contributed by atoms with Crippen LogP contribution in [0.5, 0.6) is 0 Å². The molecule has 1 heterocycles. The molecule has 2 heteroatoms. The van der Waals surface area contributed by atoms with Crippen molar-refractivity contribution in [3.63, 3.8) is 0 Å². The second-order valence-electron chi connectivity index (χ2n) is 2.88. The lowest BCUT2D eigenvalue weighted by Crippen LogP contribution is -2.26. The predicted molar refractivity (Wildman–Crippen MR) is 48.4 cm³/mol. The predicted octanol–water partition coefficient (Wildman–Crippen LogP) is 2.16. The van der Waals surface area contributed by atoms with Crippen LogP contribution in [0.2, 0.25) is 0 Å². The van der Waals surface area contributed by atoms with E-state index in [1.165, 1.54) is 5.57 Å². The summed E-state index contributed by atoms with van der Waals surface area (Å²) in [7, 11) is 1.98. The fourth-order valence-corrected chi connectivity index (χ4v) is 1.06. The molecule has 0 atom stereocenters. The molecule has 0 aromatic carbocycles. The monoisotopic (exact) mass is 150 g/mol. The Morgan fingerprint density at radius 2 is 1.82 bits per heavy atom.